The van der Waals surface area contributed by atoms with E-state index in [0.29, 0.717) is 0 Å². The lowest BCUT2D eigenvalue weighted by molar-refractivity contribution is 0.611. The second-order valence-corrected chi connectivity index (χ2v) is 4.56. The minimum atomic E-state index is 1.18. The Morgan fingerprint density at radius 1 is 0.471 bits per heavy atom. The Balaban J connectivity index is 0. The summed E-state index contributed by atoms with van der Waals surface area (Å²) in [6.45, 7) is 13.6. The van der Waals surface area contributed by atoms with Crippen molar-refractivity contribution >= 4 is 0 Å². The van der Waals surface area contributed by atoms with Gasteiger partial charge in [-0.05, 0) is 51.9 Å². The third-order valence-corrected chi connectivity index (χ3v) is 2.52. The minimum Gasteiger partial charge on any atom is -0.317 e. The van der Waals surface area contributed by atoms with E-state index in [-0.39, 0.29) is 0 Å². The van der Waals surface area contributed by atoms with Crippen molar-refractivity contribution in [2.24, 2.45) is 0 Å². The summed E-state index contributed by atoms with van der Waals surface area (Å²) in [5, 5.41) is 6.71. The first-order chi connectivity index (χ1) is 8.33. The van der Waals surface area contributed by atoms with Crippen molar-refractivity contribution in [3.8, 4) is 0 Å². The lowest BCUT2D eigenvalue weighted by Gasteiger charge is -1.99. The molecular formula is C15H36N2. The monoisotopic (exact) mass is 244 g/mol. The number of nitrogens with one attached hydrogen (secondary N) is 2. The van der Waals surface area contributed by atoms with E-state index in [1.165, 1.54) is 71.1 Å². The van der Waals surface area contributed by atoms with Gasteiger partial charge in [-0.2, -0.15) is 0 Å². The summed E-state index contributed by atoms with van der Waals surface area (Å²) in [5.74, 6) is 0. The van der Waals surface area contributed by atoms with Crippen LogP contribution in [0.2, 0.25) is 0 Å². The predicted octanol–water partition coefficient (Wildman–Crippen LogP) is 3.96. The van der Waals surface area contributed by atoms with Crippen LogP contribution in [0.25, 0.3) is 0 Å². The Morgan fingerprint density at radius 3 is 1.35 bits per heavy atom. The van der Waals surface area contributed by atoms with E-state index in [2.05, 4.69) is 38.3 Å². The molecule has 0 saturated heterocycles. The van der Waals surface area contributed by atoms with Gasteiger partial charge >= 0.3 is 0 Å². The van der Waals surface area contributed by atoms with Gasteiger partial charge in [-0.1, -0.05) is 47.0 Å². The van der Waals surface area contributed by atoms with E-state index in [9.17, 15) is 0 Å². The van der Waals surface area contributed by atoms with E-state index < -0.39 is 0 Å². The molecule has 17 heavy (non-hydrogen) atoms. The molecule has 0 rings (SSSR count). The zero-order chi connectivity index (χ0) is 13.2. The highest BCUT2D eigenvalue weighted by Crippen LogP contribution is 1.90. The molecular weight excluding hydrogens is 208 g/mol. The first-order valence-electron chi connectivity index (χ1n) is 7.74. The van der Waals surface area contributed by atoms with E-state index in [4.69, 9.17) is 0 Å². The molecule has 0 atom stereocenters. The van der Waals surface area contributed by atoms with Gasteiger partial charge in [0.25, 0.3) is 0 Å². The molecule has 0 saturated carbocycles. The topological polar surface area (TPSA) is 24.1 Å². The van der Waals surface area contributed by atoms with Crippen molar-refractivity contribution in [2.45, 2.75) is 72.6 Å². The second kappa shape index (κ2) is 21.2. The first-order valence-corrected chi connectivity index (χ1v) is 7.74. The van der Waals surface area contributed by atoms with Gasteiger partial charge in [0.05, 0.1) is 0 Å². The van der Waals surface area contributed by atoms with Gasteiger partial charge < -0.3 is 10.6 Å². The third kappa shape index (κ3) is 25.9. The van der Waals surface area contributed by atoms with E-state index in [0.717, 1.165) is 0 Å². The number of hydrogen-bond acceptors (Lipinski definition) is 2. The van der Waals surface area contributed by atoms with E-state index in [1.54, 1.807) is 0 Å². The quantitative estimate of drug-likeness (QED) is 0.538. The molecule has 106 valence electrons. The maximum Gasteiger partial charge on any atom is -0.00489 e. The molecule has 0 aromatic heterocycles. The molecule has 0 unspecified atom stereocenters. The Bertz CT molecular complexity index is 93.1. The van der Waals surface area contributed by atoms with Gasteiger partial charge in [0.15, 0.2) is 0 Å². The van der Waals surface area contributed by atoms with Gasteiger partial charge in [-0.15, -0.1) is 0 Å². The van der Waals surface area contributed by atoms with Gasteiger partial charge in [0, 0.05) is 0 Å². The molecule has 0 spiro atoms. The zero-order valence-corrected chi connectivity index (χ0v) is 12.8. The van der Waals surface area contributed by atoms with Gasteiger partial charge in [-0.25, -0.2) is 0 Å². The summed E-state index contributed by atoms with van der Waals surface area (Å²) < 4.78 is 0. The minimum absolute atomic E-state index is 1.18. The average Bonchev–Trinajstić information content (AvgIpc) is 2.36. The summed E-state index contributed by atoms with van der Waals surface area (Å²) in [6, 6.07) is 0. The summed E-state index contributed by atoms with van der Waals surface area (Å²) in [4.78, 5) is 0. The maximum atomic E-state index is 3.37. The molecule has 0 heterocycles. The summed E-state index contributed by atoms with van der Waals surface area (Å²) in [7, 11) is 0. The number of unbranched alkanes of at least 4 members (excludes halogenated alkanes) is 3. The maximum absolute atomic E-state index is 3.37. The molecule has 0 fully saturated rings. The van der Waals surface area contributed by atoms with Crippen molar-refractivity contribution in [1.82, 2.24) is 10.6 Å². The molecule has 2 nitrogen and oxygen atoms in total. The van der Waals surface area contributed by atoms with Crippen LogP contribution in [0.4, 0.5) is 0 Å². The molecule has 0 aliphatic carbocycles. The summed E-state index contributed by atoms with van der Waals surface area (Å²) in [6.07, 6.45) is 9.17. The fourth-order valence-corrected chi connectivity index (χ4v) is 1.41. The molecule has 0 aromatic rings. The van der Waals surface area contributed by atoms with Crippen LogP contribution in [-0.2, 0) is 0 Å². The van der Waals surface area contributed by atoms with Crippen LogP contribution in [0.1, 0.15) is 72.6 Å². The molecule has 2 heteroatoms. The van der Waals surface area contributed by atoms with Gasteiger partial charge in [0.2, 0.25) is 0 Å². The van der Waals surface area contributed by atoms with Crippen LogP contribution in [0, 0.1) is 0 Å². The first kappa shape index (κ1) is 19.3. The van der Waals surface area contributed by atoms with Crippen molar-refractivity contribution in [3.63, 3.8) is 0 Å². The van der Waals surface area contributed by atoms with Crippen LogP contribution in [0.3, 0.4) is 0 Å². The Hall–Kier alpha value is -0.0800. The van der Waals surface area contributed by atoms with Crippen molar-refractivity contribution in [3.05, 3.63) is 0 Å². The smallest absolute Gasteiger partial charge is 0.00489 e. The fourth-order valence-electron chi connectivity index (χ4n) is 1.41. The predicted molar refractivity (Wildman–Crippen MR) is 80.8 cm³/mol. The zero-order valence-electron chi connectivity index (χ0n) is 12.8. The molecule has 0 aliphatic heterocycles. The van der Waals surface area contributed by atoms with Crippen molar-refractivity contribution in [2.75, 3.05) is 26.2 Å². The highest BCUT2D eigenvalue weighted by Gasteiger charge is 1.83. The summed E-state index contributed by atoms with van der Waals surface area (Å²) >= 11 is 0. The Morgan fingerprint density at radius 2 is 0.941 bits per heavy atom. The largest absolute Gasteiger partial charge is 0.317 e. The van der Waals surface area contributed by atoms with Gasteiger partial charge in [-0.3, -0.25) is 0 Å². The van der Waals surface area contributed by atoms with Crippen LogP contribution < -0.4 is 10.6 Å². The average molecular weight is 244 g/mol. The second-order valence-electron chi connectivity index (χ2n) is 4.56. The standard InChI is InChI=1S/C8H19N.C7H17N/c1-3-5-6-8-9-7-4-2;1-3-5-7-8-6-4-2/h9H,3-8H2,1-2H3;8H,3-7H2,1-2H3. The SMILES string of the molecule is CCCCCNCCC.CCCCNCCC. The molecule has 0 radical (unpaired) electrons. The van der Waals surface area contributed by atoms with Gasteiger partial charge in [0.1, 0.15) is 0 Å². The molecule has 0 aromatic carbocycles. The number of rotatable bonds is 11. The normalized spacial score (nSPS) is 9.88. The molecule has 2 N–H and O–H groups in total. The Labute approximate surface area is 110 Å². The Kier molecular flexibility index (Phi) is 24.1. The molecule has 0 amide bonds. The number of hydrogen-bond donors (Lipinski definition) is 2. The summed E-state index contributed by atoms with van der Waals surface area (Å²) in [5.41, 5.74) is 0. The molecule has 0 aliphatic rings. The van der Waals surface area contributed by atoms with E-state index >= 15 is 0 Å². The van der Waals surface area contributed by atoms with Crippen LogP contribution in [0.5, 0.6) is 0 Å². The fraction of sp³-hybridized carbons (Fsp3) is 1.00. The van der Waals surface area contributed by atoms with Crippen LogP contribution >= 0.6 is 0 Å². The highest BCUT2D eigenvalue weighted by atomic mass is 14.8. The highest BCUT2D eigenvalue weighted by molar-refractivity contribution is 4.45. The van der Waals surface area contributed by atoms with Crippen molar-refractivity contribution < 1.29 is 0 Å². The third-order valence-electron chi connectivity index (χ3n) is 2.52. The van der Waals surface area contributed by atoms with E-state index in [1.807, 2.05) is 0 Å². The van der Waals surface area contributed by atoms with Crippen molar-refractivity contribution in [1.29, 1.82) is 0 Å². The molecule has 0 bridgehead atoms. The van der Waals surface area contributed by atoms with Crippen LogP contribution in [-0.4, -0.2) is 26.2 Å². The lowest BCUT2D eigenvalue weighted by atomic mass is 10.2. The lowest BCUT2D eigenvalue weighted by Crippen LogP contribution is -2.15. The van der Waals surface area contributed by atoms with Crippen LogP contribution in [0.15, 0.2) is 0 Å².